The predicted molar refractivity (Wildman–Crippen MR) is 117 cm³/mol. The van der Waals surface area contributed by atoms with Gasteiger partial charge in [-0.15, -0.1) is 0 Å². The molecule has 1 aromatic heterocycles. The average Bonchev–Trinajstić information content (AvgIpc) is 3.05. The van der Waals surface area contributed by atoms with Crippen molar-refractivity contribution < 1.29 is 19.4 Å². The number of aromatic nitrogens is 1. The third kappa shape index (κ3) is 4.50. The molecule has 0 aliphatic heterocycles. The highest BCUT2D eigenvalue weighted by molar-refractivity contribution is 6.32. The van der Waals surface area contributed by atoms with Crippen LogP contribution in [0.5, 0.6) is 0 Å². The van der Waals surface area contributed by atoms with Crippen LogP contribution in [0.2, 0.25) is 10.3 Å². The Morgan fingerprint density at radius 1 is 1.00 bits per heavy atom. The zero-order chi connectivity index (χ0) is 22.0. The number of pyridine rings is 1. The largest absolute Gasteiger partial charge is 0.481 e. The predicted octanol–water partition coefficient (Wildman–Crippen LogP) is 5.44. The molecule has 1 amide bonds. The minimum Gasteiger partial charge on any atom is -0.481 e. The second-order valence-corrected chi connectivity index (χ2v) is 7.88. The smallest absolute Gasteiger partial charge is 0.407 e. The van der Waals surface area contributed by atoms with Crippen LogP contribution in [0.25, 0.3) is 11.1 Å². The highest BCUT2D eigenvalue weighted by Gasteiger charge is 2.29. The van der Waals surface area contributed by atoms with Crippen molar-refractivity contribution in [2.75, 3.05) is 6.61 Å². The first kappa shape index (κ1) is 21.2. The van der Waals surface area contributed by atoms with Gasteiger partial charge in [-0.3, -0.25) is 4.79 Å². The lowest BCUT2D eigenvalue weighted by atomic mass is 9.98. The van der Waals surface area contributed by atoms with Gasteiger partial charge in [-0.2, -0.15) is 0 Å². The summed E-state index contributed by atoms with van der Waals surface area (Å²) in [5.74, 6) is -1.20. The number of halogens is 2. The van der Waals surface area contributed by atoms with Crippen LogP contribution in [-0.4, -0.2) is 28.8 Å². The van der Waals surface area contributed by atoms with E-state index in [0.29, 0.717) is 5.56 Å². The maximum atomic E-state index is 12.6. The number of fused-ring (bicyclic) bond motifs is 3. The summed E-state index contributed by atoms with van der Waals surface area (Å²) >= 11 is 11.9. The number of rotatable bonds is 6. The molecule has 158 valence electrons. The molecule has 3 aromatic rings. The van der Waals surface area contributed by atoms with E-state index >= 15 is 0 Å². The molecule has 1 heterocycles. The van der Waals surface area contributed by atoms with Gasteiger partial charge in [0.1, 0.15) is 16.9 Å². The van der Waals surface area contributed by atoms with Crippen molar-refractivity contribution in [3.05, 3.63) is 87.7 Å². The van der Waals surface area contributed by atoms with Crippen LogP contribution in [0.3, 0.4) is 0 Å². The number of carbonyl (C=O) groups excluding carboxylic acids is 1. The van der Waals surface area contributed by atoms with Crippen molar-refractivity contribution in [2.45, 2.75) is 18.4 Å². The summed E-state index contributed by atoms with van der Waals surface area (Å²) in [4.78, 5) is 27.8. The second kappa shape index (κ2) is 8.96. The Hall–Kier alpha value is -3.09. The maximum absolute atomic E-state index is 12.6. The number of ether oxygens (including phenoxy) is 1. The average molecular weight is 457 g/mol. The summed E-state index contributed by atoms with van der Waals surface area (Å²) in [6, 6.07) is 18.1. The highest BCUT2D eigenvalue weighted by atomic mass is 35.5. The summed E-state index contributed by atoms with van der Waals surface area (Å²) in [7, 11) is 0. The lowest BCUT2D eigenvalue weighted by molar-refractivity contribution is -0.137. The molecule has 8 heteroatoms. The molecular weight excluding hydrogens is 439 g/mol. The van der Waals surface area contributed by atoms with E-state index in [1.54, 1.807) is 0 Å². The molecule has 0 fully saturated rings. The molecule has 4 rings (SSSR count). The Morgan fingerprint density at radius 2 is 1.61 bits per heavy atom. The van der Waals surface area contributed by atoms with Crippen molar-refractivity contribution in [2.24, 2.45) is 0 Å². The highest BCUT2D eigenvalue weighted by Crippen LogP contribution is 2.44. The Bertz CT molecular complexity index is 1110. The summed E-state index contributed by atoms with van der Waals surface area (Å²) in [5.41, 5.74) is 4.76. The number of alkyl carbamates (subject to hydrolysis) is 1. The monoisotopic (exact) mass is 456 g/mol. The van der Waals surface area contributed by atoms with Gasteiger partial charge in [-0.05, 0) is 28.3 Å². The Kier molecular flexibility index (Phi) is 6.11. The summed E-state index contributed by atoms with van der Waals surface area (Å²) in [6.07, 6.45) is -1.12. The van der Waals surface area contributed by atoms with E-state index in [-0.39, 0.29) is 29.3 Å². The van der Waals surface area contributed by atoms with Gasteiger partial charge in [-0.25, -0.2) is 9.78 Å². The molecular formula is C23H18Cl2N2O4. The van der Waals surface area contributed by atoms with Gasteiger partial charge < -0.3 is 15.2 Å². The number of nitrogens with one attached hydrogen (secondary N) is 1. The Labute approximate surface area is 188 Å². The fourth-order valence-corrected chi connectivity index (χ4v) is 4.36. The van der Waals surface area contributed by atoms with Crippen LogP contribution in [-0.2, 0) is 9.53 Å². The third-order valence-corrected chi connectivity index (χ3v) is 5.75. The fraction of sp³-hybridized carbons (Fsp3) is 0.174. The zero-order valence-electron chi connectivity index (χ0n) is 16.2. The number of benzene rings is 2. The summed E-state index contributed by atoms with van der Waals surface area (Å²) in [5, 5.41) is 12.0. The minimum absolute atomic E-state index is 0.0256. The van der Waals surface area contributed by atoms with Crippen molar-refractivity contribution in [3.8, 4) is 11.1 Å². The van der Waals surface area contributed by atoms with E-state index in [1.807, 2.05) is 48.5 Å². The second-order valence-electron chi connectivity index (χ2n) is 7.13. The molecule has 0 spiro atoms. The van der Waals surface area contributed by atoms with Gasteiger partial charge in [0.15, 0.2) is 0 Å². The van der Waals surface area contributed by atoms with E-state index in [9.17, 15) is 14.7 Å². The molecule has 0 radical (unpaired) electrons. The maximum Gasteiger partial charge on any atom is 0.407 e. The molecule has 0 bridgehead atoms. The lowest BCUT2D eigenvalue weighted by Gasteiger charge is -2.19. The molecule has 2 N–H and O–H groups in total. The SMILES string of the molecule is O=C(O)C[C@@H](NC(=O)OCC1c2ccccc2-c2ccccc21)c1ccc(Cl)nc1Cl. The van der Waals surface area contributed by atoms with E-state index in [4.69, 9.17) is 27.9 Å². The van der Waals surface area contributed by atoms with Crippen LogP contribution in [0, 0.1) is 0 Å². The van der Waals surface area contributed by atoms with E-state index in [0.717, 1.165) is 22.3 Å². The molecule has 1 aliphatic carbocycles. The van der Waals surface area contributed by atoms with Crippen LogP contribution >= 0.6 is 23.2 Å². The van der Waals surface area contributed by atoms with Gasteiger partial charge in [-0.1, -0.05) is 77.8 Å². The summed E-state index contributed by atoms with van der Waals surface area (Å²) < 4.78 is 5.50. The molecule has 1 aliphatic rings. The normalized spacial score (nSPS) is 13.2. The number of amides is 1. The van der Waals surface area contributed by atoms with Crippen LogP contribution < -0.4 is 5.32 Å². The summed E-state index contributed by atoms with van der Waals surface area (Å²) in [6.45, 7) is 0.117. The van der Waals surface area contributed by atoms with Crippen LogP contribution in [0.15, 0.2) is 60.7 Å². The van der Waals surface area contributed by atoms with Crippen molar-refractivity contribution in [1.82, 2.24) is 10.3 Å². The molecule has 2 aromatic carbocycles. The number of carboxylic acid groups (broad SMARTS) is 1. The van der Waals surface area contributed by atoms with Gasteiger partial charge in [0.25, 0.3) is 0 Å². The topological polar surface area (TPSA) is 88.5 Å². The van der Waals surface area contributed by atoms with E-state index < -0.39 is 18.1 Å². The Morgan fingerprint density at radius 3 is 2.19 bits per heavy atom. The fourth-order valence-electron chi connectivity index (χ4n) is 3.88. The van der Waals surface area contributed by atoms with Crippen LogP contribution in [0.4, 0.5) is 4.79 Å². The lowest BCUT2D eigenvalue weighted by Crippen LogP contribution is -2.32. The van der Waals surface area contributed by atoms with Gasteiger partial charge in [0.2, 0.25) is 0 Å². The number of hydrogen-bond donors (Lipinski definition) is 2. The first-order valence-electron chi connectivity index (χ1n) is 9.59. The number of hydrogen-bond acceptors (Lipinski definition) is 4. The molecule has 0 saturated heterocycles. The quantitative estimate of drug-likeness (QED) is 0.481. The van der Waals surface area contributed by atoms with Crippen molar-refractivity contribution in [3.63, 3.8) is 0 Å². The first-order valence-corrected chi connectivity index (χ1v) is 10.3. The molecule has 31 heavy (non-hydrogen) atoms. The van der Waals surface area contributed by atoms with Gasteiger partial charge >= 0.3 is 12.1 Å². The number of aliphatic carboxylic acids is 1. The molecule has 1 atom stereocenters. The van der Waals surface area contributed by atoms with Gasteiger partial charge in [0.05, 0.1) is 12.5 Å². The van der Waals surface area contributed by atoms with Crippen LogP contribution in [0.1, 0.15) is 35.1 Å². The standard InChI is InChI=1S/C23H18Cl2N2O4/c24-20-10-9-17(22(25)27-20)19(11-21(28)29)26-23(30)31-12-18-15-7-3-1-5-13(15)14-6-2-4-8-16(14)18/h1-10,18-19H,11-12H2,(H,26,30)(H,28,29)/t19-/m1/s1. The van der Waals surface area contributed by atoms with E-state index in [2.05, 4.69) is 10.3 Å². The number of carbonyl (C=O) groups is 2. The van der Waals surface area contributed by atoms with Crippen molar-refractivity contribution in [1.29, 1.82) is 0 Å². The minimum atomic E-state index is -1.10. The zero-order valence-corrected chi connectivity index (χ0v) is 17.7. The third-order valence-electron chi connectivity index (χ3n) is 5.23. The molecule has 0 unspecified atom stereocenters. The Balaban J connectivity index is 1.50. The van der Waals surface area contributed by atoms with Gasteiger partial charge in [0, 0.05) is 11.5 Å². The van der Waals surface area contributed by atoms with E-state index in [1.165, 1.54) is 12.1 Å². The first-order chi connectivity index (χ1) is 14.9. The number of nitrogens with zero attached hydrogens (tertiary/aromatic N) is 1. The number of carboxylic acids is 1. The molecule has 0 saturated carbocycles. The molecule has 6 nitrogen and oxygen atoms in total. The van der Waals surface area contributed by atoms with Crippen molar-refractivity contribution >= 4 is 35.3 Å².